The average Bonchev–Trinajstić information content (AvgIpc) is 2.59. The number of esters is 2. The van der Waals surface area contributed by atoms with E-state index >= 15 is 0 Å². The number of nitrogens with one attached hydrogen (secondary N) is 1. The van der Waals surface area contributed by atoms with Crippen LogP contribution < -0.4 is 5.32 Å². The Morgan fingerprint density at radius 3 is 2.32 bits per heavy atom. The van der Waals surface area contributed by atoms with Crippen molar-refractivity contribution in [1.82, 2.24) is 5.32 Å². The zero-order valence-electron chi connectivity index (χ0n) is 15.7. The van der Waals surface area contributed by atoms with Crippen LogP contribution >= 0.6 is 0 Å². The summed E-state index contributed by atoms with van der Waals surface area (Å²) in [5, 5.41) is 3.39. The molecule has 6 heteroatoms. The van der Waals surface area contributed by atoms with Gasteiger partial charge in [-0.3, -0.25) is 14.4 Å². The molecule has 0 aromatic rings. The highest BCUT2D eigenvalue weighted by molar-refractivity contribution is 5.79. The number of rotatable bonds is 12. The molecule has 1 rings (SSSR count). The van der Waals surface area contributed by atoms with Gasteiger partial charge in [0.2, 0.25) is 0 Å². The van der Waals surface area contributed by atoms with Crippen LogP contribution in [0.1, 0.15) is 78.1 Å². The summed E-state index contributed by atoms with van der Waals surface area (Å²) in [5.74, 6) is -0.0290. The molecule has 0 radical (unpaired) electrons. The minimum Gasteiger partial charge on any atom is -0.466 e. The average molecular weight is 355 g/mol. The van der Waals surface area contributed by atoms with Crippen LogP contribution in [0.2, 0.25) is 0 Å². The predicted octanol–water partition coefficient (Wildman–Crippen LogP) is 2.92. The number of Topliss-reactive ketones (excluding diaryl/α,β-unsaturated/α-hetero) is 1. The Labute approximate surface area is 151 Å². The van der Waals surface area contributed by atoms with Crippen molar-refractivity contribution in [2.75, 3.05) is 13.2 Å². The lowest BCUT2D eigenvalue weighted by molar-refractivity contribution is -0.146. The summed E-state index contributed by atoms with van der Waals surface area (Å²) in [7, 11) is 0. The van der Waals surface area contributed by atoms with Crippen molar-refractivity contribution in [3.05, 3.63) is 0 Å². The lowest BCUT2D eigenvalue weighted by Gasteiger charge is -2.27. The van der Waals surface area contributed by atoms with Crippen molar-refractivity contribution in [3.63, 3.8) is 0 Å². The molecule has 1 N–H and O–H groups in total. The number of unbranched alkanes of at least 4 members (excludes halogenated alkanes) is 3. The lowest BCUT2D eigenvalue weighted by Crippen LogP contribution is -2.45. The lowest BCUT2D eigenvalue weighted by atomic mass is 9.93. The summed E-state index contributed by atoms with van der Waals surface area (Å²) in [6.07, 6.45) is 7.63. The van der Waals surface area contributed by atoms with E-state index in [1.807, 2.05) is 13.8 Å². The maximum absolute atomic E-state index is 12.1. The fourth-order valence-corrected chi connectivity index (χ4v) is 3.11. The van der Waals surface area contributed by atoms with Crippen LogP contribution in [0.25, 0.3) is 0 Å². The second-order valence-electron chi connectivity index (χ2n) is 6.54. The highest BCUT2D eigenvalue weighted by atomic mass is 16.5. The zero-order valence-corrected chi connectivity index (χ0v) is 15.7. The summed E-state index contributed by atoms with van der Waals surface area (Å²) in [6.45, 7) is 4.42. The van der Waals surface area contributed by atoms with Gasteiger partial charge in [0.15, 0.2) is 0 Å². The van der Waals surface area contributed by atoms with Gasteiger partial charge in [-0.05, 0) is 39.5 Å². The maximum Gasteiger partial charge on any atom is 0.323 e. The van der Waals surface area contributed by atoms with Gasteiger partial charge in [0, 0.05) is 25.3 Å². The van der Waals surface area contributed by atoms with Gasteiger partial charge >= 0.3 is 11.9 Å². The van der Waals surface area contributed by atoms with E-state index in [0.29, 0.717) is 38.3 Å². The molecule has 6 nitrogen and oxygen atoms in total. The molecule has 0 bridgehead atoms. The molecule has 1 fully saturated rings. The van der Waals surface area contributed by atoms with Crippen LogP contribution in [0, 0.1) is 0 Å². The van der Waals surface area contributed by atoms with Crippen LogP contribution in [0.15, 0.2) is 0 Å². The van der Waals surface area contributed by atoms with Crippen molar-refractivity contribution < 1.29 is 23.9 Å². The molecule has 1 unspecified atom stereocenters. The first kappa shape index (κ1) is 21.6. The minimum atomic E-state index is -0.303. The Morgan fingerprint density at radius 1 is 1.04 bits per heavy atom. The van der Waals surface area contributed by atoms with Gasteiger partial charge in [0.05, 0.1) is 13.2 Å². The molecular formula is C19H33NO5. The van der Waals surface area contributed by atoms with Crippen molar-refractivity contribution in [3.8, 4) is 0 Å². The molecule has 0 heterocycles. The highest BCUT2D eigenvalue weighted by Crippen LogP contribution is 2.17. The van der Waals surface area contributed by atoms with Crippen molar-refractivity contribution >= 4 is 17.7 Å². The summed E-state index contributed by atoms with van der Waals surface area (Å²) in [5.41, 5.74) is 0. The molecule has 0 aliphatic heterocycles. The van der Waals surface area contributed by atoms with Gasteiger partial charge in [-0.1, -0.05) is 19.3 Å². The molecule has 0 spiro atoms. The predicted molar refractivity (Wildman–Crippen MR) is 95.2 cm³/mol. The molecule has 25 heavy (non-hydrogen) atoms. The van der Waals surface area contributed by atoms with Crippen LogP contribution in [-0.2, 0) is 23.9 Å². The van der Waals surface area contributed by atoms with Crippen LogP contribution in [0.3, 0.4) is 0 Å². The Balaban J connectivity index is 2.27. The van der Waals surface area contributed by atoms with E-state index in [0.717, 1.165) is 44.9 Å². The number of ether oxygens (including phenoxy) is 2. The third-order valence-electron chi connectivity index (χ3n) is 4.48. The second-order valence-corrected chi connectivity index (χ2v) is 6.54. The van der Waals surface area contributed by atoms with Gasteiger partial charge in [-0.15, -0.1) is 0 Å². The quantitative estimate of drug-likeness (QED) is 0.428. The van der Waals surface area contributed by atoms with E-state index in [1.165, 1.54) is 0 Å². The van der Waals surface area contributed by atoms with E-state index in [2.05, 4.69) is 5.32 Å². The molecule has 1 aliphatic rings. The summed E-state index contributed by atoms with van der Waals surface area (Å²) in [6, 6.07) is -0.0841. The zero-order chi connectivity index (χ0) is 18.5. The molecule has 1 saturated carbocycles. The van der Waals surface area contributed by atoms with E-state index < -0.39 is 0 Å². The first-order chi connectivity index (χ1) is 12.1. The Bertz CT molecular complexity index is 414. The van der Waals surface area contributed by atoms with Gasteiger partial charge in [-0.25, -0.2) is 0 Å². The Hall–Kier alpha value is -1.43. The molecule has 0 aromatic carbocycles. The maximum atomic E-state index is 12.1. The van der Waals surface area contributed by atoms with Crippen LogP contribution in [0.4, 0.5) is 0 Å². The first-order valence-corrected chi connectivity index (χ1v) is 9.66. The van der Waals surface area contributed by atoms with Crippen molar-refractivity contribution in [2.24, 2.45) is 0 Å². The summed E-state index contributed by atoms with van der Waals surface area (Å²) in [4.78, 5) is 34.8. The normalized spacial score (nSPS) is 16.5. The molecule has 0 amide bonds. The molecular weight excluding hydrogens is 322 g/mol. The third-order valence-corrected chi connectivity index (χ3v) is 4.48. The smallest absolute Gasteiger partial charge is 0.323 e. The highest BCUT2D eigenvalue weighted by Gasteiger charge is 2.25. The first-order valence-electron chi connectivity index (χ1n) is 9.66. The van der Waals surface area contributed by atoms with Gasteiger partial charge < -0.3 is 14.8 Å². The minimum absolute atomic E-state index is 0.139. The Kier molecular flexibility index (Phi) is 11.1. The van der Waals surface area contributed by atoms with E-state index in [4.69, 9.17) is 9.47 Å². The molecule has 0 saturated heterocycles. The number of hydrogen-bond donors (Lipinski definition) is 1. The monoisotopic (exact) mass is 355 g/mol. The number of carbonyl (C=O) groups is 3. The molecule has 1 atom stereocenters. The van der Waals surface area contributed by atoms with Crippen molar-refractivity contribution in [2.45, 2.75) is 90.1 Å². The third kappa shape index (κ3) is 9.58. The summed E-state index contributed by atoms with van der Waals surface area (Å²) >= 11 is 0. The fourth-order valence-electron chi connectivity index (χ4n) is 3.11. The Morgan fingerprint density at radius 2 is 1.68 bits per heavy atom. The largest absolute Gasteiger partial charge is 0.466 e. The topological polar surface area (TPSA) is 81.7 Å². The second kappa shape index (κ2) is 12.9. The van der Waals surface area contributed by atoms with E-state index in [9.17, 15) is 14.4 Å². The van der Waals surface area contributed by atoms with E-state index in [1.54, 1.807) is 0 Å². The molecule has 1 aliphatic carbocycles. The number of hydrogen-bond acceptors (Lipinski definition) is 6. The van der Waals surface area contributed by atoms with Gasteiger partial charge in [0.25, 0.3) is 0 Å². The molecule has 144 valence electrons. The van der Waals surface area contributed by atoms with E-state index in [-0.39, 0.29) is 24.0 Å². The number of carbonyl (C=O) groups excluding carboxylic acids is 3. The summed E-state index contributed by atoms with van der Waals surface area (Å²) < 4.78 is 10.1. The fraction of sp³-hybridized carbons (Fsp3) is 0.842. The van der Waals surface area contributed by atoms with Crippen LogP contribution in [0.5, 0.6) is 0 Å². The molecule has 0 aromatic heterocycles. The van der Waals surface area contributed by atoms with Gasteiger partial charge in [0.1, 0.15) is 11.8 Å². The van der Waals surface area contributed by atoms with Gasteiger partial charge in [-0.2, -0.15) is 0 Å². The number of ketones is 1. The van der Waals surface area contributed by atoms with Crippen LogP contribution in [-0.4, -0.2) is 43.0 Å². The SMILES string of the molecule is CCOC(=O)CCCCCCC(NC1CCC(=O)CC1)C(=O)OCC. The van der Waals surface area contributed by atoms with Crippen molar-refractivity contribution in [1.29, 1.82) is 0 Å². The standard InChI is InChI=1S/C19H33NO5/c1-3-24-18(22)10-8-6-5-7-9-17(19(23)25-4-2)20-15-11-13-16(21)14-12-15/h15,17,20H,3-14H2,1-2H3.